The Hall–Kier alpha value is -2.35. The van der Waals surface area contributed by atoms with Crippen LogP contribution in [0.5, 0.6) is 0 Å². The summed E-state index contributed by atoms with van der Waals surface area (Å²) in [5.74, 6) is 2.04. The Morgan fingerprint density at radius 1 is 0.446 bits per heavy atom. The van der Waals surface area contributed by atoms with Crippen molar-refractivity contribution in [1.29, 1.82) is 0 Å². The van der Waals surface area contributed by atoms with Crippen LogP contribution in [0.3, 0.4) is 0 Å². The van der Waals surface area contributed by atoms with Crippen molar-refractivity contribution < 1.29 is 4.57 Å². The number of benzene rings is 2. The van der Waals surface area contributed by atoms with Crippen molar-refractivity contribution in [3.8, 4) is 0 Å². The fraction of sp³-hybridized carbons (Fsp3) is 0.722. The summed E-state index contributed by atoms with van der Waals surface area (Å²) in [5, 5.41) is 0. The number of hydrogen-bond donors (Lipinski definition) is 0. The molecule has 0 amide bonds. The Bertz CT molecular complexity index is 1280. The van der Waals surface area contributed by atoms with Gasteiger partial charge in [-0.25, -0.2) is 9.13 Å². The Morgan fingerprint density at radius 3 is 1.25 bits per heavy atom. The van der Waals surface area contributed by atoms with Crippen molar-refractivity contribution in [2.24, 2.45) is 0 Å². The zero-order chi connectivity index (χ0) is 39.6. The summed E-state index contributed by atoms with van der Waals surface area (Å²) in [6.07, 6.45) is 48.8. The molecule has 0 N–H and O–H groups in total. The number of aromatic nitrogens is 2. The van der Waals surface area contributed by atoms with Crippen LogP contribution in [0.15, 0.2) is 66.9 Å². The van der Waals surface area contributed by atoms with Crippen LogP contribution in [0, 0.1) is 0 Å². The standard InChI is InChI=1S/C54H91N2/c1-4-6-8-10-12-14-16-18-20-21-22-23-25-27-29-31-39-45-55-49-53(47-50(3)52-43-37-34-38-44-52)56(54(55)48-51-41-35-33-36-42-51)46-40-32-30-28-26-24-19-17-15-13-11-9-7-5-2/h33-38,41-44,49-50H,4-32,39-40,45-48H2,1-3H3/q+1. The molecule has 1 aromatic heterocycles. The maximum Gasteiger partial charge on any atom is 0.261 e. The number of aryl methyl sites for hydroxylation is 1. The number of unbranched alkanes of at least 4 members (excludes halogenated alkanes) is 29. The lowest BCUT2D eigenvalue weighted by Crippen LogP contribution is -2.37. The van der Waals surface area contributed by atoms with E-state index in [1.165, 1.54) is 222 Å². The Kier molecular flexibility index (Phi) is 28.8. The molecule has 0 saturated heterocycles. The minimum Gasteiger partial charge on any atom is -0.234 e. The first kappa shape index (κ1) is 48.0. The van der Waals surface area contributed by atoms with E-state index in [1.807, 2.05) is 0 Å². The van der Waals surface area contributed by atoms with E-state index in [1.54, 1.807) is 0 Å². The van der Waals surface area contributed by atoms with Gasteiger partial charge in [-0.05, 0) is 42.7 Å². The van der Waals surface area contributed by atoms with Crippen LogP contribution >= 0.6 is 0 Å². The summed E-state index contributed by atoms with van der Waals surface area (Å²) in [4.78, 5) is 0. The van der Waals surface area contributed by atoms with E-state index < -0.39 is 0 Å². The van der Waals surface area contributed by atoms with Crippen molar-refractivity contribution in [2.45, 2.75) is 252 Å². The van der Waals surface area contributed by atoms with Gasteiger partial charge in [0.15, 0.2) is 0 Å². The molecule has 3 aromatic rings. The van der Waals surface area contributed by atoms with E-state index in [0.29, 0.717) is 5.92 Å². The summed E-state index contributed by atoms with van der Waals surface area (Å²) in [6, 6.07) is 22.5. The van der Waals surface area contributed by atoms with Crippen LogP contribution in [0.4, 0.5) is 0 Å². The molecule has 1 heterocycles. The van der Waals surface area contributed by atoms with E-state index in [-0.39, 0.29) is 0 Å². The summed E-state index contributed by atoms with van der Waals surface area (Å²) in [7, 11) is 0. The van der Waals surface area contributed by atoms with Gasteiger partial charge in [-0.1, -0.05) is 255 Å². The highest BCUT2D eigenvalue weighted by Crippen LogP contribution is 2.23. The molecule has 56 heavy (non-hydrogen) atoms. The molecule has 0 aliphatic carbocycles. The highest BCUT2D eigenvalue weighted by atomic mass is 15.2. The van der Waals surface area contributed by atoms with Crippen LogP contribution in [0.1, 0.15) is 248 Å². The SMILES string of the molecule is CCCCCCCCCCCCCCCCCCC[n+]1cc(CC(C)c2ccccc2)n(CCCCCCCCCCCCCCCC)c1Cc1ccccc1. The van der Waals surface area contributed by atoms with E-state index in [0.717, 1.165) is 25.9 Å². The van der Waals surface area contributed by atoms with Gasteiger partial charge in [0.1, 0.15) is 11.9 Å². The maximum atomic E-state index is 2.76. The van der Waals surface area contributed by atoms with Crippen molar-refractivity contribution in [1.82, 2.24) is 4.57 Å². The number of hydrogen-bond acceptors (Lipinski definition) is 0. The third kappa shape index (κ3) is 22.6. The van der Waals surface area contributed by atoms with Crippen LogP contribution in [-0.4, -0.2) is 4.57 Å². The minimum absolute atomic E-state index is 0.513. The third-order valence-corrected chi connectivity index (χ3v) is 12.6. The zero-order valence-electron chi connectivity index (χ0n) is 37.6. The van der Waals surface area contributed by atoms with Gasteiger partial charge in [0.2, 0.25) is 0 Å². The molecule has 0 fully saturated rings. The van der Waals surface area contributed by atoms with Crippen LogP contribution in [-0.2, 0) is 25.9 Å². The monoisotopic (exact) mass is 768 g/mol. The van der Waals surface area contributed by atoms with E-state index in [4.69, 9.17) is 0 Å². The molecule has 1 unspecified atom stereocenters. The van der Waals surface area contributed by atoms with Gasteiger partial charge in [0.25, 0.3) is 5.82 Å². The topological polar surface area (TPSA) is 8.81 Å². The fourth-order valence-electron chi connectivity index (χ4n) is 8.93. The van der Waals surface area contributed by atoms with Crippen molar-refractivity contribution in [3.05, 3.63) is 89.5 Å². The number of imidazole rings is 1. The van der Waals surface area contributed by atoms with Gasteiger partial charge in [-0.15, -0.1) is 0 Å². The molecule has 2 aromatic carbocycles. The average Bonchev–Trinajstić information content (AvgIpc) is 3.53. The fourth-order valence-corrected chi connectivity index (χ4v) is 8.93. The zero-order valence-corrected chi connectivity index (χ0v) is 37.6. The quantitative estimate of drug-likeness (QED) is 0.0406. The highest BCUT2D eigenvalue weighted by Gasteiger charge is 2.25. The molecule has 1 atom stereocenters. The molecule has 0 spiro atoms. The lowest BCUT2D eigenvalue weighted by molar-refractivity contribution is -0.704. The summed E-state index contributed by atoms with van der Waals surface area (Å²) < 4.78 is 5.44. The van der Waals surface area contributed by atoms with Gasteiger partial charge < -0.3 is 0 Å². The van der Waals surface area contributed by atoms with Crippen molar-refractivity contribution in [3.63, 3.8) is 0 Å². The molecular formula is C54H91N2+. The molecular weight excluding hydrogens is 677 g/mol. The van der Waals surface area contributed by atoms with Gasteiger partial charge >= 0.3 is 0 Å². The first-order valence-electron chi connectivity index (χ1n) is 24.9. The smallest absolute Gasteiger partial charge is 0.234 e. The lowest BCUT2D eigenvalue weighted by Gasteiger charge is -2.12. The van der Waals surface area contributed by atoms with Crippen LogP contribution < -0.4 is 4.57 Å². The van der Waals surface area contributed by atoms with Crippen molar-refractivity contribution in [2.75, 3.05) is 0 Å². The normalized spacial score (nSPS) is 12.1. The Morgan fingerprint density at radius 2 is 0.821 bits per heavy atom. The van der Waals surface area contributed by atoms with E-state index in [9.17, 15) is 0 Å². The molecule has 0 radical (unpaired) electrons. The second-order valence-electron chi connectivity index (χ2n) is 17.8. The molecule has 0 bridgehead atoms. The van der Waals surface area contributed by atoms with Crippen LogP contribution in [0.2, 0.25) is 0 Å². The molecule has 316 valence electrons. The summed E-state index contributed by atoms with van der Waals surface area (Å²) in [5.41, 5.74) is 4.43. The first-order valence-corrected chi connectivity index (χ1v) is 24.9. The summed E-state index contributed by atoms with van der Waals surface area (Å²) in [6.45, 7) is 9.36. The molecule has 3 rings (SSSR count). The maximum absolute atomic E-state index is 2.76. The molecule has 0 aliphatic rings. The molecule has 0 saturated carbocycles. The van der Waals surface area contributed by atoms with E-state index in [2.05, 4.69) is 96.8 Å². The number of nitrogens with zero attached hydrogens (tertiary/aromatic N) is 2. The van der Waals surface area contributed by atoms with Gasteiger partial charge in [0, 0.05) is 6.42 Å². The van der Waals surface area contributed by atoms with Crippen molar-refractivity contribution >= 4 is 0 Å². The molecule has 0 aliphatic heterocycles. The molecule has 2 heteroatoms. The Balaban J connectivity index is 1.45. The number of rotatable bonds is 38. The summed E-state index contributed by atoms with van der Waals surface area (Å²) >= 11 is 0. The second kappa shape index (κ2) is 33.6. The predicted octanol–water partition coefficient (Wildman–Crippen LogP) is 16.8. The highest BCUT2D eigenvalue weighted by molar-refractivity contribution is 5.22. The van der Waals surface area contributed by atoms with Gasteiger partial charge in [0.05, 0.1) is 19.5 Å². The average molecular weight is 768 g/mol. The predicted molar refractivity (Wildman–Crippen MR) is 247 cm³/mol. The van der Waals surface area contributed by atoms with Crippen LogP contribution in [0.25, 0.3) is 0 Å². The second-order valence-corrected chi connectivity index (χ2v) is 17.8. The molecule has 2 nitrogen and oxygen atoms in total. The lowest BCUT2D eigenvalue weighted by atomic mass is 9.96. The Labute approximate surface area is 349 Å². The van der Waals surface area contributed by atoms with E-state index >= 15 is 0 Å². The largest absolute Gasteiger partial charge is 0.261 e. The third-order valence-electron chi connectivity index (χ3n) is 12.6. The minimum atomic E-state index is 0.513. The first-order chi connectivity index (χ1) is 27.7. The van der Waals surface area contributed by atoms with Gasteiger partial charge in [-0.2, -0.15) is 0 Å². The van der Waals surface area contributed by atoms with Gasteiger partial charge in [-0.3, -0.25) is 0 Å².